The third-order valence-electron chi connectivity index (χ3n) is 2.89. The molecular weight excluding hydrogens is 242 g/mol. The van der Waals surface area contributed by atoms with Crippen LogP contribution in [-0.2, 0) is 11.2 Å². The second-order valence-electron chi connectivity index (χ2n) is 5.28. The van der Waals surface area contributed by atoms with Crippen LogP contribution in [0.4, 0.5) is 0 Å². The first kappa shape index (κ1) is 15.1. The minimum Gasteiger partial charge on any atom is -0.353 e. The van der Waals surface area contributed by atoms with Gasteiger partial charge in [-0.2, -0.15) is 0 Å². The van der Waals surface area contributed by atoms with Gasteiger partial charge in [-0.15, -0.1) is 12.6 Å². The Bertz CT molecular complexity index is 373. The molecule has 0 saturated carbocycles. The number of benzene rings is 1. The largest absolute Gasteiger partial charge is 0.353 e. The molecule has 1 N–H and O–H groups in total. The van der Waals surface area contributed by atoms with Crippen molar-refractivity contribution in [2.75, 3.05) is 0 Å². The first-order valence-electron chi connectivity index (χ1n) is 6.54. The predicted octanol–water partition coefficient (Wildman–Crippen LogP) is 3.46. The lowest BCUT2D eigenvalue weighted by atomic mass is 10.0. The van der Waals surface area contributed by atoms with Gasteiger partial charge in [-0.1, -0.05) is 26.0 Å². The summed E-state index contributed by atoms with van der Waals surface area (Å²) in [6.45, 7) is 6.47. The highest BCUT2D eigenvalue weighted by Crippen LogP contribution is 2.09. The molecule has 0 heterocycles. The summed E-state index contributed by atoms with van der Waals surface area (Å²) in [5, 5.41) is 3.04. The molecule has 1 aromatic carbocycles. The van der Waals surface area contributed by atoms with Crippen molar-refractivity contribution in [3.63, 3.8) is 0 Å². The van der Waals surface area contributed by atoms with Crippen LogP contribution < -0.4 is 5.32 Å². The van der Waals surface area contributed by atoms with Gasteiger partial charge in [0, 0.05) is 10.9 Å². The number of thiol groups is 1. The van der Waals surface area contributed by atoms with Gasteiger partial charge in [0.25, 0.3) is 0 Å². The molecule has 0 aliphatic heterocycles. The molecule has 0 radical (unpaired) electrons. The van der Waals surface area contributed by atoms with E-state index < -0.39 is 0 Å². The number of carbonyl (C=O) groups excluding carboxylic acids is 1. The molecule has 0 spiro atoms. The SMILES string of the molecule is CC(C)CCC(C)NC(=O)Cc1ccc(S)cc1. The molecular formula is C15H23NOS. The number of hydrogen-bond acceptors (Lipinski definition) is 2. The smallest absolute Gasteiger partial charge is 0.224 e. The number of rotatable bonds is 6. The maximum atomic E-state index is 11.8. The van der Waals surface area contributed by atoms with E-state index in [1.165, 1.54) is 0 Å². The molecule has 0 bridgehead atoms. The van der Waals surface area contributed by atoms with E-state index in [2.05, 4.69) is 38.7 Å². The second-order valence-corrected chi connectivity index (χ2v) is 5.80. The number of nitrogens with one attached hydrogen (secondary N) is 1. The van der Waals surface area contributed by atoms with Crippen molar-refractivity contribution in [3.05, 3.63) is 29.8 Å². The molecule has 0 aliphatic rings. The van der Waals surface area contributed by atoms with E-state index in [1.54, 1.807) is 0 Å². The van der Waals surface area contributed by atoms with E-state index in [4.69, 9.17) is 0 Å². The summed E-state index contributed by atoms with van der Waals surface area (Å²) >= 11 is 4.22. The maximum Gasteiger partial charge on any atom is 0.224 e. The van der Waals surface area contributed by atoms with Crippen LogP contribution in [0.1, 0.15) is 39.2 Å². The van der Waals surface area contributed by atoms with Crippen molar-refractivity contribution in [1.29, 1.82) is 0 Å². The summed E-state index contributed by atoms with van der Waals surface area (Å²) in [6.07, 6.45) is 2.63. The monoisotopic (exact) mass is 265 g/mol. The van der Waals surface area contributed by atoms with Gasteiger partial charge in [0.15, 0.2) is 0 Å². The lowest BCUT2D eigenvalue weighted by molar-refractivity contribution is -0.121. The standard InChI is InChI=1S/C15H23NOS/c1-11(2)4-5-12(3)16-15(17)10-13-6-8-14(18)9-7-13/h6-9,11-12,18H,4-5,10H2,1-3H3,(H,16,17). The molecule has 1 atom stereocenters. The summed E-state index contributed by atoms with van der Waals surface area (Å²) < 4.78 is 0. The van der Waals surface area contributed by atoms with Crippen LogP contribution in [0.25, 0.3) is 0 Å². The highest BCUT2D eigenvalue weighted by atomic mass is 32.1. The fourth-order valence-corrected chi connectivity index (χ4v) is 1.93. The Labute approximate surface area is 116 Å². The van der Waals surface area contributed by atoms with E-state index in [0.717, 1.165) is 23.3 Å². The van der Waals surface area contributed by atoms with Gasteiger partial charge >= 0.3 is 0 Å². The average molecular weight is 265 g/mol. The maximum absolute atomic E-state index is 11.8. The summed E-state index contributed by atoms with van der Waals surface area (Å²) in [7, 11) is 0. The fourth-order valence-electron chi connectivity index (χ4n) is 1.78. The minimum absolute atomic E-state index is 0.0955. The van der Waals surface area contributed by atoms with Gasteiger partial charge in [-0.05, 0) is 43.4 Å². The molecule has 18 heavy (non-hydrogen) atoms. The van der Waals surface area contributed by atoms with Gasteiger partial charge in [0.05, 0.1) is 6.42 Å². The van der Waals surface area contributed by atoms with Crippen LogP contribution in [0.5, 0.6) is 0 Å². The Morgan fingerprint density at radius 1 is 1.17 bits per heavy atom. The predicted molar refractivity (Wildman–Crippen MR) is 79.1 cm³/mol. The third kappa shape index (κ3) is 6.10. The fraction of sp³-hybridized carbons (Fsp3) is 0.533. The lowest BCUT2D eigenvalue weighted by Gasteiger charge is -2.15. The van der Waals surface area contributed by atoms with E-state index in [9.17, 15) is 4.79 Å². The first-order chi connectivity index (χ1) is 8.47. The molecule has 0 fully saturated rings. The molecule has 1 rings (SSSR count). The van der Waals surface area contributed by atoms with Crippen LogP contribution in [0.2, 0.25) is 0 Å². The number of amides is 1. The van der Waals surface area contributed by atoms with Crippen LogP contribution in [0, 0.1) is 5.92 Å². The molecule has 100 valence electrons. The van der Waals surface area contributed by atoms with E-state index in [-0.39, 0.29) is 11.9 Å². The topological polar surface area (TPSA) is 29.1 Å². The van der Waals surface area contributed by atoms with Crippen LogP contribution in [0.15, 0.2) is 29.2 Å². The van der Waals surface area contributed by atoms with Gasteiger partial charge in [-0.25, -0.2) is 0 Å². The van der Waals surface area contributed by atoms with Gasteiger partial charge in [-0.3, -0.25) is 4.79 Å². The summed E-state index contributed by atoms with van der Waals surface area (Å²) in [4.78, 5) is 12.7. The molecule has 2 nitrogen and oxygen atoms in total. The number of carbonyl (C=O) groups is 1. The molecule has 0 aromatic heterocycles. The van der Waals surface area contributed by atoms with Gasteiger partial charge in [0.1, 0.15) is 0 Å². The molecule has 3 heteroatoms. The van der Waals surface area contributed by atoms with E-state index >= 15 is 0 Å². The quantitative estimate of drug-likeness (QED) is 0.758. The Kier molecular flexibility index (Phi) is 6.27. The number of hydrogen-bond donors (Lipinski definition) is 2. The summed E-state index contributed by atoms with van der Waals surface area (Å²) in [5.74, 6) is 0.783. The zero-order valence-corrected chi connectivity index (χ0v) is 12.3. The lowest BCUT2D eigenvalue weighted by Crippen LogP contribution is -2.33. The first-order valence-corrected chi connectivity index (χ1v) is 6.99. The molecule has 0 saturated heterocycles. The zero-order chi connectivity index (χ0) is 13.5. The Morgan fingerprint density at radius 3 is 2.33 bits per heavy atom. The van der Waals surface area contributed by atoms with Crippen molar-refractivity contribution >= 4 is 18.5 Å². The molecule has 1 amide bonds. The van der Waals surface area contributed by atoms with Gasteiger partial charge < -0.3 is 5.32 Å². The molecule has 1 aromatic rings. The van der Waals surface area contributed by atoms with Crippen molar-refractivity contribution in [2.24, 2.45) is 5.92 Å². The minimum atomic E-state index is 0.0955. The average Bonchev–Trinajstić information content (AvgIpc) is 2.29. The molecule has 0 aliphatic carbocycles. The molecule has 1 unspecified atom stereocenters. The van der Waals surface area contributed by atoms with Crippen molar-refractivity contribution in [3.8, 4) is 0 Å². The van der Waals surface area contributed by atoms with Crippen LogP contribution in [0.3, 0.4) is 0 Å². The second kappa shape index (κ2) is 7.47. The third-order valence-corrected chi connectivity index (χ3v) is 3.18. The van der Waals surface area contributed by atoms with Crippen LogP contribution in [-0.4, -0.2) is 11.9 Å². The zero-order valence-electron chi connectivity index (χ0n) is 11.4. The van der Waals surface area contributed by atoms with Crippen molar-refractivity contribution < 1.29 is 4.79 Å². The summed E-state index contributed by atoms with van der Waals surface area (Å²) in [6, 6.07) is 7.97. The Morgan fingerprint density at radius 2 is 1.78 bits per heavy atom. The van der Waals surface area contributed by atoms with E-state index in [0.29, 0.717) is 12.3 Å². The van der Waals surface area contributed by atoms with Crippen molar-refractivity contribution in [1.82, 2.24) is 5.32 Å². The highest BCUT2D eigenvalue weighted by molar-refractivity contribution is 7.80. The Balaban J connectivity index is 2.34. The van der Waals surface area contributed by atoms with Gasteiger partial charge in [0.2, 0.25) is 5.91 Å². The Hall–Kier alpha value is -0.960. The normalized spacial score (nSPS) is 12.5. The van der Waals surface area contributed by atoms with E-state index in [1.807, 2.05) is 24.3 Å². The van der Waals surface area contributed by atoms with Crippen molar-refractivity contribution in [2.45, 2.75) is 51.0 Å². The van der Waals surface area contributed by atoms with Crippen LogP contribution >= 0.6 is 12.6 Å². The highest BCUT2D eigenvalue weighted by Gasteiger charge is 2.08. The summed E-state index contributed by atoms with van der Waals surface area (Å²) in [5.41, 5.74) is 1.03.